The van der Waals surface area contributed by atoms with Gasteiger partial charge in [0.05, 0.1) is 28.3 Å². The van der Waals surface area contributed by atoms with E-state index in [0.717, 1.165) is 52.7 Å². The minimum atomic E-state index is -0.524. The van der Waals surface area contributed by atoms with Crippen LogP contribution in [0.25, 0.3) is 22.2 Å². The topological polar surface area (TPSA) is 76.7 Å². The van der Waals surface area contributed by atoms with Crippen molar-refractivity contribution in [1.82, 2.24) is 14.9 Å². The van der Waals surface area contributed by atoms with E-state index < -0.39 is 5.60 Å². The van der Waals surface area contributed by atoms with Crippen LogP contribution in [0.4, 0.5) is 4.79 Å². The molecule has 7 nitrogen and oxygen atoms in total. The Hall–Kier alpha value is -2.84. The van der Waals surface area contributed by atoms with E-state index in [-0.39, 0.29) is 36.5 Å². The summed E-state index contributed by atoms with van der Waals surface area (Å²) in [5, 5.41) is 0. The lowest BCUT2D eigenvalue weighted by Crippen LogP contribution is -2.43. The molecule has 200 valence electrons. The average molecular weight is 515 g/mol. The molecule has 6 rings (SSSR count). The van der Waals surface area contributed by atoms with Crippen LogP contribution < -0.4 is 5.46 Å². The molecule has 3 atom stereocenters. The highest BCUT2D eigenvalue weighted by Crippen LogP contribution is 2.50. The third-order valence-electron chi connectivity index (χ3n) is 8.74. The lowest BCUT2D eigenvalue weighted by Gasteiger charge is -2.35. The molecule has 0 spiro atoms. The molecule has 1 aromatic heterocycles. The van der Waals surface area contributed by atoms with Gasteiger partial charge in [-0.1, -0.05) is 30.3 Å². The third kappa shape index (κ3) is 4.32. The maximum atomic E-state index is 13.1. The van der Waals surface area contributed by atoms with Gasteiger partial charge in [-0.2, -0.15) is 0 Å². The highest BCUT2D eigenvalue weighted by Gasteiger charge is 2.52. The number of hydrogen-bond acceptors (Lipinski definition) is 5. The van der Waals surface area contributed by atoms with Crippen LogP contribution >= 0.6 is 0 Å². The van der Waals surface area contributed by atoms with Crippen LogP contribution in [0.3, 0.4) is 0 Å². The van der Waals surface area contributed by atoms with Gasteiger partial charge in [0.25, 0.3) is 0 Å². The summed E-state index contributed by atoms with van der Waals surface area (Å²) < 4.78 is 18.2. The number of likely N-dealkylation sites (tertiary alicyclic amines) is 1. The number of nitrogens with one attached hydrogen (secondary N) is 1. The summed E-state index contributed by atoms with van der Waals surface area (Å²) in [7, 11) is -0.374. The number of nitrogens with zero attached hydrogens (tertiary/aromatic N) is 2. The van der Waals surface area contributed by atoms with E-state index in [2.05, 4.69) is 75.1 Å². The van der Waals surface area contributed by atoms with Crippen molar-refractivity contribution in [1.29, 1.82) is 0 Å². The van der Waals surface area contributed by atoms with E-state index >= 15 is 0 Å². The van der Waals surface area contributed by atoms with Crippen LogP contribution in [0.5, 0.6) is 0 Å². The summed E-state index contributed by atoms with van der Waals surface area (Å²) in [6, 6.07) is 14.8. The first-order valence-corrected chi connectivity index (χ1v) is 13.8. The zero-order chi connectivity index (χ0) is 27.0. The quantitative estimate of drug-likeness (QED) is 0.434. The minimum absolute atomic E-state index is 0.0707. The van der Waals surface area contributed by atoms with Crippen LogP contribution in [0, 0.1) is 5.92 Å². The number of carbonyl (C=O) groups excluding carboxylic acids is 1. The Morgan fingerprint density at radius 3 is 2.34 bits per heavy atom. The number of aromatic amines is 1. The average Bonchev–Trinajstić information content (AvgIpc) is 3.59. The molecule has 1 saturated carbocycles. The number of H-pyrrole nitrogens is 1. The van der Waals surface area contributed by atoms with Gasteiger partial charge in [-0.25, -0.2) is 9.78 Å². The molecular formula is C30H38BN3O4. The standard InChI is InChI=1S/C30H38BN3O4/c1-28(2,3)36-27(35)34-22-14-10-20(16-22)25(34)26-32-23-15-11-19(17-24(23)33-26)18-8-12-21(13-9-18)31-37-29(4,5)30(6,7)38-31/h8-9,11-13,15,17,20,22,25H,10,14,16H2,1-7H3,(H,32,33)/t20-,22-,25+/m1/s1. The fourth-order valence-electron chi connectivity index (χ4n) is 6.08. The first-order valence-electron chi connectivity index (χ1n) is 13.8. The Bertz CT molecular complexity index is 1360. The Kier molecular flexibility index (Phi) is 5.75. The van der Waals surface area contributed by atoms with Crippen molar-refractivity contribution in [3.8, 4) is 11.1 Å². The van der Waals surface area contributed by atoms with Crippen LogP contribution in [0.15, 0.2) is 42.5 Å². The number of hydrogen-bond donors (Lipinski definition) is 1. The number of benzene rings is 2. The molecule has 8 heteroatoms. The molecule has 3 fully saturated rings. The largest absolute Gasteiger partial charge is 0.494 e. The van der Waals surface area contributed by atoms with Crippen molar-refractivity contribution in [2.24, 2.45) is 5.92 Å². The Balaban J connectivity index is 1.25. The number of carbonyl (C=O) groups is 1. The number of aromatic nitrogens is 2. The predicted molar refractivity (Wildman–Crippen MR) is 149 cm³/mol. The Morgan fingerprint density at radius 2 is 1.68 bits per heavy atom. The van der Waals surface area contributed by atoms with Crippen molar-refractivity contribution in [2.75, 3.05) is 0 Å². The number of amides is 1. The normalized spacial score (nSPS) is 25.9. The molecule has 3 heterocycles. The van der Waals surface area contributed by atoms with Gasteiger partial charge >= 0.3 is 13.2 Å². The van der Waals surface area contributed by atoms with Gasteiger partial charge in [-0.3, -0.25) is 4.90 Å². The van der Waals surface area contributed by atoms with E-state index in [0.29, 0.717) is 5.92 Å². The van der Waals surface area contributed by atoms with Crippen molar-refractivity contribution in [3.05, 3.63) is 48.3 Å². The van der Waals surface area contributed by atoms with Crippen molar-refractivity contribution in [2.45, 2.75) is 96.6 Å². The van der Waals surface area contributed by atoms with Gasteiger partial charge < -0.3 is 19.0 Å². The molecule has 2 saturated heterocycles. The third-order valence-corrected chi connectivity index (χ3v) is 8.74. The molecule has 1 aliphatic carbocycles. The van der Waals surface area contributed by atoms with Crippen molar-refractivity contribution >= 4 is 29.7 Å². The Labute approximate surface area is 225 Å². The molecule has 2 aromatic carbocycles. The maximum Gasteiger partial charge on any atom is 0.494 e. The van der Waals surface area contributed by atoms with Crippen LogP contribution in [0.1, 0.15) is 79.6 Å². The Morgan fingerprint density at radius 1 is 1.03 bits per heavy atom. The van der Waals surface area contributed by atoms with Gasteiger partial charge in [0.2, 0.25) is 0 Å². The molecule has 2 aliphatic heterocycles. The van der Waals surface area contributed by atoms with Crippen molar-refractivity contribution < 1.29 is 18.8 Å². The van der Waals surface area contributed by atoms with Gasteiger partial charge in [0.15, 0.2) is 0 Å². The van der Waals surface area contributed by atoms with E-state index in [1.807, 2.05) is 25.7 Å². The number of piperidine rings is 1. The summed E-state index contributed by atoms with van der Waals surface area (Å²) in [4.78, 5) is 23.6. The number of imidazole rings is 1. The van der Waals surface area contributed by atoms with Gasteiger partial charge in [-0.05, 0) is 102 Å². The van der Waals surface area contributed by atoms with Gasteiger partial charge in [-0.15, -0.1) is 0 Å². The first-order chi connectivity index (χ1) is 17.8. The summed E-state index contributed by atoms with van der Waals surface area (Å²) >= 11 is 0. The first kappa shape index (κ1) is 25.4. The SMILES string of the molecule is CC(C)(C)OC(=O)N1[C@@H]2CC[C@H](C2)[C@H]1c1nc2ccc(-c3ccc(B4OC(C)(C)C(C)(C)O4)cc3)cc2[nH]1. The predicted octanol–water partition coefficient (Wildman–Crippen LogP) is 5.99. The van der Waals surface area contributed by atoms with E-state index in [9.17, 15) is 4.79 Å². The molecule has 3 aliphatic rings. The number of ether oxygens (including phenoxy) is 1. The molecule has 3 aromatic rings. The second-order valence-electron chi connectivity index (χ2n) is 13.1. The summed E-state index contributed by atoms with van der Waals surface area (Å²) in [5.74, 6) is 1.27. The molecular weight excluding hydrogens is 477 g/mol. The second kappa shape index (κ2) is 8.58. The van der Waals surface area contributed by atoms with E-state index in [1.54, 1.807) is 0 Å². The molecule has 0 unspecified atom stereocenters. The number of rotatable bonds is 3. The highest BCUT2D eigenvalue weighted by molar-refractivity contribution is 6.62. The van der Waals surface area contributed by atoms with Crippen LogP contribution in [-0.4, -0.2) is 50.9 Å². The van der Waals surface area contributed by atoms with Gasteiger partial charge in [0, 0.05) is 6.04 Å². The van der Waals surface area contributed by atoms with Gasteiger partial charge in [0.1, 0.15) is 11.4 Å². The molecule has 2 bridgehead atoms. The molecule has 0 radical (unpaired) electrons. The fourth-order valence-corrected chi connectivity index (χ4v) is 6.08. The lowest BCUT2D eigenvalue weighted by molar-refractivity contribution is 0.00578. The second-order valence-corrected chi connectivity index (χ2v) is 13.1. The summed E-state index contributed by atoms with van der Waals surface area (Å²) in [6.45, 7) is 14.0. The van der Waals surface area contributed by atoms with Crippen LogP contribution in [-0.2, 0) is 14.0 Å². The lowest BCUT2D eigenvalue weighted by atomic mass is 9.78. The van der Waals surface area contributed by atoms with Crippen molar-refractivity contribution in [3.63, 3.8) is 0 Å². The summed E-state index contributed by atoms with van der Waals surface area (Å²) in [6.07, 6.45) is 2.93. The summed E-state index contributed by atoms with van der Waals surface area (Å²) in [5.41, 5.74) is 3.85. The molecule has 38 heavy (non-hydrogen) atoms. The minimum Gasteiger partial charge on any atom is -0.444 e. The zero-order valence-corrected chi connectivity index (χ0v) is 23.5. The molecule has 1 amide bonds. The van der Waals surface area contributed by atoms with E-state index in [4.69, 9.17) is 19.0 Å². The maximum absolute atomic E-state index is 13.1. The van der Waals surface area contributed by atoms with E-state index in [1.165, 1.54) is 0 Å². The fraction of sp³-hybridized carbons (Fsp3) is 0.533. The monoisotopic (exact) mass is 515 g/mol. The van der Waals surface area contributed by atoms with Crippen LogP contribution in [0.2, 0.25) is 0 Å². The zero-order valence-electron chi connectivity index (χ0n) is 23.5. The molecule has 1 N–H and O–H groups in total. The number of fused-ring (bicyclic) bond motifs is 3. The smallest absolute Gasteiger partial charge is 0.444 e. The highest BCUT2D eigenvalue weighted by atomic mass is 16.7.